The third kappa shape index (κ3) is 5.71. The van der Waals surface area contributed by atoms with Gasteiger partial charge in [0.1, 0.15) is 0 Å². The van der Waals surface area contributed by atoms with Gasteiger partial charge in [0.15, 0.2) is 11.6 Å². The van der Waals surface area contributed by atoms with Crippen molar-refractivity contribution < 1.29 is 23.8 Å². The normalized spacial score (nSPS) is 12.0. The van der Waals surface area contributed by atoms with Crippen molar-refractivity contribution in [1.29, 1.82) is 0 Å². The summed E-state index contributed by atoms with van der Waals surface area (Å²) in [5, 5.41) is 11.7. The Morgan fingerprint density at radius 2 is 2.05 bits per heavy atom. The van der Waals surface area contributed by atoms with E-state index in [2.05, 4.69) is 5.32 Å². The van der Waals surface area contributed by atoms with Crippen LogP contribution >= 0.6 is 0 Å². The summed E-state index contributed by atoms with van der Waals surface area (Å²) in [6.07, 6.45) is 0.488. The highest BCUT2D eigenvalue weighted by atomic mass is 19.1. The number of ether oxygens (including phenoxy) is 1. The van der Waals surface area contributed by atoms with Crippen molar-refractivity contribution in [1.82, 2.24) is 5.32 Å². The maximum atomic E-state index is 13.5. The standard InChI is InChI=1S/C16H22FNO4/c1-10(2)6-12(16(20)21)9-18-15(19)8-11-4-5-14(22-3)13(17)7-11/h4-5,7,10,12H,6,8-9H2,1-3H3,(H,18,19)(H,20,21). The molecule has 0 aliphatic carbocycles. The molecule has 0 aliphatic rings. The Balaban J connectivity index is 2.55. The van der Waals surface area contributed by atoms with Gasteiger partial charge in [-0.3, -0.25) is 9.59 Å². The second-order valence-corrected chi connectivity index (χ2v) is 5.61. The molecule has 1 aromatic carbocycles. The van der Waals surface area contributed by atoms with Crippen molar-refractivity contribution in [3.8, 4) is 5.75 Å². The lowest BCUT2D eigenvalue weighted by Crippen LogP contribution is -2.34. The lowest BCUT2D eigenvalue weighted by atomic mass is 9.97. The number of nitrogens with one attached hydrogen (secondary N) is 1. The Kier molecular flexibility index (Phi) is 6.82. The number of amides is 1. The first-order valence-corrected chi connectivity index (χ1v) is 7.15. The number of methoxy groups -OCH3 is 1. The van der Waals surface area contributed by atoms with Crippen molar-refractivity contribution in [3.05, 3.63) is 29.6 Å². The lowest BCUT2D eigenvalue weighted by Gasteiger charge is -2.15. The smallest absolute Gasteiger partial charge is 0.308 e. The first-order valence-electron chi connectivity index (χ1n) is 7.15. The minimum absolute atomic E-state index is 0.00503. The van der Waals surface area contributed by atoms with Crippen LogP contribution in [0.2, 0.25) is 0 Å². The van der Waals surface area contributed by atoms with E-state index < -0.39 is 17.7 Å². The Bertz CT molecular complexity index is 531. The Labute approximate surface area is 129 Å². The van der Waals surface area contributed by atoms with Crippen LogP contribution in [-0.4, -0.2) is 30.6 Å². The average Bonchev–Trinajstić information content (AvgIpc) is 2.43. The maximum absolute atomic E-state index is 13.5. The Morgan fingerprint density at radius 3 is 2.55 bits per heavy atom. The summed E-state index contributed by atoms with van der Waals surface area (Å²) in [6.45, 7) is 3.93. The van der Waals surface area contributed by atoms with Crippen LogP contribution in [-0.2, 0) is 16.0 Å². The van der Waals surface area contributed by atoms with Gasteiger partial charge in [0.2, 0.25) is 5.91 Å². The highest BCUT2D eigenvalue weighted by Crippen LogP contribution is 2.18. The van der Waals surface area contributed by atoms with Gasteiger partial charge in [0.05, 0.1) is 19.4 Å². The van der Waals surface area contributed by atoms with Gasteiger partial charge in [-0.05, 0) is 30.0 Å². The topological polar surface area (TPSA) is 75.6 Å². The zero-order valence-electron chi connectivity index (χ0n) is 13.1. The number of halogens is 1. The summed E-state index contributed by atoms with van der Waals surface area (Å²) in [7, 11) is 1.37. The van der Waals surface area contributed by atoms with Crippen LogP contribution in [0.1, 0.15) is 25.8 Å². The molecule has 2 N–H and O–H groups in total. The van der Waals surface area contributed by atoms with Gasteiger partial charge in [-0.1, -0.05) is 19.9 Å². The number of hydrogen-bond acceptors (Lipinski definition) is 3. The molecule has 1 rings (SSSR count). The Hall–Kier alpha value is -2.11. The van der Waals surface area contributed by atoms with Gasteiger partial charge in [-0.15, -0.1) is 0 Å². The minimum Gasteiger partial charge on any atom is -0.494 e. The molecule has 0 radical (unpaired) electrons. The highest BCUT2D eigenvalue weighted by molar-refractivity contribution is 5.79. The highest BCUT2D eigenvalue weighted by Gasteiger charge is 2.19. The third-order valence-corrected chi connectivity index (χ3v) is 3.23. The van der Waals surface area contributed by atoms with Crippen molar-refractivity contribution in [2.75, 3.05) is 13.7 Å². The summed E-state index contributed by atoms with van der Waals surface area (Å²) in [6, 6.07) is 4.29. The fourth-order valence-electron chi connectivity index (χ4n) is 2.15. The molecule has 6 heteroatoms. The van der Waals surface area contributed by atoms with Crippen LogP contribution in [0, 0.1) is 17.7 Å². The van der Waals surface area contributed by atoms with Crippen molar-refractivity contribution in [3.63, 3.8) is 0 Å². The van der Waals surface area contributed by atoms with Crippen LogP contribution in [0.3, 0.4) is 0 Å². The molecular weight excluding hydrogens is 289 g/mol. The van der Waals surface area contributed by atoms with E-state index in [9.17, 15) is 14.0 Å². The molecule has 22 heavy (non-hydrogen) atoms. The van der Waals surface area contributed by atoms with Crippen LogP contribution < -0.4 is 10.1 Å². The first kappa shape index (κ1) is 17.9. The molecule has 0 bridgehead atoms. The van der Waals surface area contributed by atoms with Gasteiger partial charge in [-0.2, -0.15) is 0 Å². The molecule has 122 valence electrons. The van der Waals surface area contributed by atoms with Crippen molar-refractivity contribution in [2.24, 2.45) is 11.8 Å². The van der Waals surface area contributed by atoms with Crippen LogP contribution in [0.4, 0.5) is 4.39 Å². The van der Waals surface area contributed by atoms with Gasteiger partial charge < -0.3 is 15.2 Å². The van der Waals surface area contributed by atoms with Gasteiger partial charge in [0.25, 0.3) is 0 Å². The number of carbonyl (C=O) groups is 2. The second kappa shape index (κ2) is 8.36. The summed E-state index contributed by atoms with van der Waals surface area (Å²) >= 11 is 0. The number of carbonyl (C=O) groups excluding carboxylic acids is 1. The maximum Gasteiger partial charge on any atom is 0.308 e. The van der Waals surface area contributed by atoms with E-state index in [1.807, 2.05) is 13.8 Å². The monoisotopic (exact) mass is 311 g/mol. The van der Waals surface area contributed by atoms with Crippen LogP contribution in [0.25, 0.3) is 0 Å². The molecule has 0 heterocycles. The molecule has 0 aliphatic heterocycles. The number of carboxylic acids is 1. The minimum atomic E-state index is -0.926. The fraction of sp³-hybridized carbons (Fsp3) is 0.500. The molecule has 0 fully saturated rings. The van der Waals surface area contributed by atoms with E-state index in [0.29, 0.717) is 12.0 Å². The summed E-state index contributed by atoms with van der Waals surface area (Å²) < 4.78 is 18.3. The predicted octanol–water partition coefficient (Wildman–Crippen LogP) is 2.24. The SMILES string of the molecule is COc1ccc(CC(=O)NCC(CC(C)C)C(=O)O)cc1F. The second-order valence-electron chi connectivity index (χ2n) is 5.61. The number of aliphatic carboxylic acids is 1. The molecular formula is C16H22FNO4. The van der Waals surface area contributed by atoms with E-state index in [0.717, 1.165) is 0 Å². The molecule has 0 saturated carbocycles. The molecule has 5 nitrogen and oxygen atoms in total. The third-order valence-electron chi connectivity index (χ3n) is 3.23. The number of benzene rings is 1. The number of hydrogen-bond donors (Lipinski definition) is 2. The molecule has 0 spiro atoms. The van der Waals surface area contributed by atoms with E-state index in [4.69, 9.17) is 9.84 Å². The Morgan fingerprint density at radius 1 is 1.36 bits per heavy atom. The zero-order chi connectivity index (χ0) is 16.7. The molecule has 1 amide bonds. The number of rotatable bonds is 8. The quantitative estimate of drug-likeness (QED) is 0.772. The first-order chi connectivity index (χ1) is 10.3. The predicted molar refractivity (Wildman–Crippen MR) is 80.2 cm³/mol. The fourth-order valence-corrected chi connectivity index (χ4v) is 2.15. The molecule has 1 aromatic rings. The van der Waals surface area contributed by atoms with Crippen molar-refractivity contribution >= 4 is 11.9 Å². The van der Waals surface area contributed by atoms with Gasteiger partial charge in [0, 0.05) is 6.54 Å². The molecule has 1 atom stereocenters. The summed E-state index contributed by atoms with van der Waals surface area (Å²) in [5.74, 6) is -2.06. The summed E-state index contributed by atoms with van der Waals surface area (Å²) in [4.78, 5) is 22.9. The van der Waals surface area contributed by atoms with E-state index in [1.54, 1.807) is 6.07 Å². The lowest BCUT2D eigenvalue weighted by molar-refractivity contribution is -0.142. The van der Waals surface area contributed by atoms with Crippen molar-refractivity contribution in [2.45, 2.75) is 26.7 Å². The van der Waals surface area contributed by atoms with Crippen LogP contribution in [0.15, 0.2) is 18.2 Å². The molecule has 0 saturated heterocycles. The van der Waals surface area contributed by atoms with Gasteiger partial charge in [-0.25, -0.2) is 4.39 Å². The molecule has 1 unspecified atom stereocenters. The molecule has 0 aromatic heterocycles. The largest absolute Gasteiger partial charge is 0.494 e. The van der Waals surface area contributed by atoms with E-state index in [-0.39, 0.29) is 30.5 Å². The van der Waals surface area contributed by atoms with Crippen LogP contribution in [0.5, 0.6) is 5.75 Å². The number of carboxylic acid groups (broad SMARTS) is 1. The van der Waals surface area contributed by atoms with E-state index >= 15 is 0 Å². The summed E-state index contributed by atoms with van der Waals surface area (Å²) in [5.41, 5.74) is 0.506. The van der Waals surface area contributed by atoms with Gasteiger partial charge >= 0.3 is 5.97 Å². The zero-order valence-corrected chi connectivity index (χ0v) is 13.1. The van der Waals surface area contributed by atoms with E-state index in [1.165, 1.54) is 19.2 Å². The average molecular weight is 311 g/mol.